The molecular formula is C20H23ClN2O3S. The summed E-state index contributed by atoms with van der Waals surface area (Å²) in [6.07, 6.45) is 1.16. The second kappa shape index (κ2) is 8.00. The molecule has 0 unspecified atom stereocenters. The van der Waals surface area contributed by atoms with E-state index in [1.165, 1.54) is 0 Å². The Kier molecular flexibility index (Phi) is 5.89. The van der Waals surface area contributed by atoms with E-state index >= 15 is 0 Å². The summed E-state index contributed by atoms with van der Waals surface area (Å²) in [5.41, 5.74) is 2.55. The standard InChI is InChI=1S/C20H23ClN2O3S/c1-14-6-7-19(12-15(14)2)27(25,26)22-18-8-10-23(11-9-18)20(24)16-4-3-5-17(21)13-16/h3-7,12-13,18,22H,8-11H2,1-2H3. The number of carbonyl (C=O) groups is 1. The van der Waals surface area contributed by atoms with Gasteiger partial charge in [0.15, 0.2) is 0 Å². The van der Waals surface area contributed by atoms with Crippen molar-refractivity contribution in [1.29, 1.82) is 0 Å². The van der Waals surface area contributed by atoms with Crippen LogP contribution in [-0.4, -0.2) is 38.4 Å². The van der Waals surface area contributed by atoms with Gasteiger partial charge in [-0.1, -0.05) is 23.7 Å². The van der Waals surface area contributed by atoms with Crippen LogP contribution in [0.15, 0.2) is 47.4 Å². The predicted molar refractivity (Wildman–Crippen MR) is 107 cm³/mol. The van der Waals surface area contributed by atoms with Gasteiger partial charge in [-0.25, -0.2) is 13.1 Å². The Labute approximate surface area is 165 Å². The highest BCUT2D eigenvalue weighted by atomic mass is 35.5. The molecule has 0 atom stereocenters. The highest BCUT2D eigenvalue weighted by Crippen LogP contribution is 2.20. The lowest BCUT2D eigenvalue weighted by Gasteiger charge is -2.32. The van der Waals surface area contributed by atoms with E-state index in [-0.39, 0.29) is 16.8 Å². The van der Waals surface area contributed by atoms with Crippen LogP contribution in [0.5, 0.6) is 0 Å². The first-order valence-corrected chi connectivity index (χ1v) is 10.8. The van der Waals surface area contributed by atoms with Gasteiger partial charge in [0.2, 0.25) is 10.0 Å². The minimum absolute atomic E-state index is 0.0760. The van der Waals surface area contributed by atoms with Crippen LogP contribution in [0.3, 0.4) is 0 Å². The number of nitrogens with zero attached hydrogens (tertiary/aromatic N) is 1. The summed E-state index contributed by atoms with van der Waals surface area (Å²) in [6, 6.07) is 11.8. The Morgan fingerprint density at radius 3 is 2.41 bits per heavy atom. The number of hydrogen-bond acceptors (Lipinski definition) is 3. The summed E-state index contributed by atoms with van der Waals surface area (Å²) in [4.78, 5) is 14.6. The fourth-order valence-electron chi connectivity index (χ4n) is 3.17. The maximum Gasteiger partial charge on any atom is 0.253 e. The van der Waals surface area contributed by atoms with E-state index in [0.29, 0.717) is 36.5 Å². The van der Waals surface area contributed by atoms with Crippen molar-refractivity contribution in [2.45, 2.75) is 37.6 Å². The van der Waals surface area contributed by atoms with E-state index in [4.69, 9.17) is 11.6 Å². The second-order valence-electron chi connectivity index (χ2n) is 6.94. The largest absolute Gasteiger partial charge is 0.339 e. The monoisotopic (exact) mass is 406 g/mol. The topological polar surface area (TPSA) is 66.5 Å². The summed E-state index contributed by atoms with van der Waals surface area (Å²) in [6.45, 7) is 4.86. The first kappa shape index (κ1) is 19.9. The van der Waals surface area contributed by atoms with Crippen molar-refractivity contribution < 1.29 is 13.2 Å². The van der Waals surface area contributed by atoms with Gasteiger partial charge >= 0.3 is 0 Å². The molecular weight excluding hydrogens is 384 g/mol. The van der Waals surface area contributed by atoms with Crippen LogP contribution in [0, 0.1) is 13.8 Å². The van der Waals surface area contributed by atoms with E-state index in [1.807, 2.05) is 19.9 Å². The molecule has 2 aromatic rings. The van der Waals surface area contributed by atoms with Crippen LogP contribution in [0.4, 0.5) is 0 Å². The minimum Gasteiger partial charge on any atom is -0.339 e. The summed E-state index contributed by atoms with van der Waals surface area (Å²) >= 11 is 5.96. The van der Waals surface area contributed by atoms with Crippen molar-refractivity contribution in [3.8, 4) is 0 Å². The van der Waals surface area contributed by atoms with Gasteiger partial charge in [0.1, 0.15) is 0 Å². The van der Waals surface area contributed by atoms with E-state index < -0.39 is 10.0 Å². The molecule has 1 fully saturated rings. The zero-order valence-electron chi connectivity index (χ0n) is 15.4. The highest BCUT2D eigenvalue weighted by Gasteiger charge is 2.27. The first-order chi connectivity index (χ1) is 12.8. The van der Waals surface area contributed by atoms with Crippen molar-refractivity contribution >= 4 is 27.5 Å². The average Bonchev–Trinajstić information content (AvgIpc) is 2.63. The first-order valence-electron chi connectivity index (χ1n) is 8.91. The summed E-state index contributed by atoms with van der Waals surface area (Å²) in [5, 5.41) is 0.525. The highest BCUT2D eigenvalue weighted by molar-refractivity contribution is 7.89. The van der Waals surface area contributed by atoms with E-state index in [0.717, 1.165) is 11.1 Å². The number of benzene rings is 2. The zero-order chi connectivity index (χ0) is 19.6. The molecule has 1 aliphatic rings. The molecule has 1 N–H and O–H groups in total. The number of hydrogen-bond donors (Lipinski definition) is 1. The van der Waals surface area contributed by atoms with Gasteiger partial charge < -0.3 is 4.90 Å². The molecule has 27 heavy (non-hydrogen) atoms. The SMILES string of the molecule is Cc1ccc(S(=O)(=O)NC2CCN(C(=O)c3cccc(Cl)c3)CC2)cc1C. The molecule has 1 amide bonds. The number of likely N-dealkylation sites (tertiary alicyclic amines) is 1. The molecule has 3 rings (SSSR count). The summed E-state index contributed by atoms with van der Waals surface area (Å²) in [7, 11) is -3.57. The Balaban J connectivity index is 1.62. The van der Waals surface area contributed by atoms with Crippen molar-refractivity contribution in [2.75, 3.05) is 13.1 Å². The van der Waals surface area contributed by atoms with E-state index in [1.54, 1.807) is 41.3 Å². The van der Waals surface area contributed by atoms with Crippen LogP contribution in [0.1, 0.15) is 34.3 Å². The molecule has 0 aliphatic carbocycles. The minimum atomic E-state index is -3.57. The quantitative estimate of drug-likeness (QED) is 0.844. The summed E-state index contributed by atoms with van der Waals surface area (Å²) in [5.74, 6) is -0.0760. The Bertz CT molecular complexity index is 951. The van der Waals surface area contributed by atoms with Crippen molar-refractivity contribution in [1.82, 2.24) is 9.62 Å². The number of nitrogens with one attached hydrogen (secondary N) is 1. The average molecular weight is 407 g/mol. The second-order valence-corrected chi connectivity index (χ2v) is 9.09. The van der Waals surface area contributed by atoms with Gasteiger partial charge in [-0.3, -0.25) is 4.79 Å². The zero-order valence-corrected chi connectivity index (χ0v) is 17.0. The maximum atomic E-state index is 12.6. The smallest absolute Gasteiger partial charge is 0.253 e. The lowest BCUT2D eigenvalue weighted by molar-refractivity contribution is 0.0711. The van der Waals surface area contributed by atoms with Crippen LogP contribution < -0.4 is 4.72 Å². The molecule has 1 aliphatic heterocycles. The third kappa shape index (κ3) is 4.69. The molecule has 0 bridgehead atoms. The Hall–Kier alpha value is -1.89. The van der Waals surface area contributed by atoms with Crippen LogP contribution in [0.25, 0.3) is 0 Å². The molecule has 7 heteroatoms. The van der Waals surface area contributed by atoms with E-state index in [9.17, 15) is 13.2 Å². The van der Waals surface area contributed by atoms with Gasteiger partial charge in [0, 0.05) is 29.7 Å². The molecule has 0 spiro atoms. The molecule has 1 saturated heterocycles. The number of sulfonamides is 1. The molecule has 2 aromatic carbocycles. The van der Waals surface area contributed by atoms with Gasteiger partial charge in [0.05, 0.1) is 4.90 Å². The van der Waals surface area contributed by atoms with E-state index in [2.05, 4.69) is 4.72 Å². The number of amides is 1. The lowest BCUT2D eigenvalue weighted by Crippen LogP contribution is -2.46. The van der Waals surface area contributed by atoms with Gasteiger partial charge in [-0.15, -0.1) is 0 Å². The number of carbonyl (C=O) groups excluding carboxylic acids is 1. The van der Waals surface area contributed by atoms with Crippen LogP contribution in [0.2, 0.25) is 5.02 Å². The molecule has 5 nitrogen and oxygen atoms in total. The third-order valence-electron chi connectivity index (χ3n) is 4.96. The van der Waals surface area contributed by atoms with Crippen molar-refractivity contribution in [3.63, 3.8) is 0 Å². The molecule has 1 heterocycles. The van der Waals surface area contributed by atoms with Crippen molar-refractivity contribution in [2.24, 2.45) is 0 Å². The molecule has 144 valence electrons. The molecule has 0 radical (unpaired) electrons. The van der Waals surface area contributed by atoms with Gasteiger partial charge in [0.25, 0.3) is 5.91 Å². The maximum absolute atomic E-state index is 12.6. The molecule has 0 saturated carbocycles. The molecule has 0 aromatic heterocycles. The Morgan fingerprint density at radius 1 is 1.07 bits per heavy atom. The van der Waals surface area contributed by atoms with Gasteiger partial charge in [-0.05, 0) is 68.1 Å². The predicted octanol–water partition coefficient (Wildman–Crippen LogP) is 3.54. The van der Waals surface area contributed by atoms with Crippen molar-refractivity contribution in [3.05, 3.63) is 64.2 Å². The van der Waals surface area contributed by atoms with Gasteiger partial charge in [-0.2, -0.15) is 0 Å². The number of halogens is 1. The number of aryl methyl sites for hydroxylation is 2. The normalized spacial score (nSPS) is 15.7. The number of rotatable bonds is 4. The van der Waals surface area contributed by atoms with Crippen LogP contribution in [-0.2, 0) is 10.0 Å². The lowest BCUT2D eigenvalue weighted by atomic mass is 10.0. The Morgan fingerprint density at radius 2 is 1.78 bits per heavy atom. The fraction of sp³-hybridized carbons (Fsp3) is 0.350. The van der Waals surface area contributed by atoms with Crippen LogP contribution >= 0.6 is 11.6 Å². The number of piperidine rings is 1. The summed E-state index contributed by atoms with van der Waals surface area (Å²) < 4.78 is 28.0. The third-order valence-corrected chi connectivity index (χ3v) is 6.72. The fourth-order valence-corrected chi connectivity index (χ4v) is 4.75.